The van der Waals surface area contributed by atoms with Gasteiger partial charge >= 0.3 is 0 Å². The number of carbonyl (C=O) groups excluding carboxylic acids is 1. The van der Waals surface area contributed by atoms with Crippen molar-refractivity contribution < 1.29 is 17.6 Å². The summed E-state index contributed by atoms with van der Waals surface area (Å²) in [7, 11) is -3.82. The molecule has 1 amide bonds. The number of hydrogen-bond acceptors (Lipinski definition) is 5. The van der Waals surface area contributed by atoms with Crippen molar-refractivity contribution in [2.24, 2.45) is 11.8 Å². The highest BCUT2D eigenvalue weighted by molar-refractivity contribution is 7.89. The second-order valence-electron chi connectivity index (χ2n) is 8.94. The van der Waals surface area contributed by atoms with Gasteiger partial charge in [0.25, 0.3) is 0 Å². The molecule has 174 valence electrons. The summed E-state index contributed by atoms with van der Waals surface area (Å²) < 4.78 is 41.3. The first kappa shape index (κ1) is 24.1. The fourth-order valence-electron chi connectivity index (χ4n) is 4.63. The Bertz CT molecular complexity index is 818. The third-order valence-electron chi connectivity index (χ3n) is 6.11. The molecule has 1 N–H and O–H groups in total. The van der Waals surface area contributed by atoms with E-state index in [-0.39, 0.29) is 23.8 Å². The van der Waals surface area contributed by atoms with Gasteiger partial charge in [-0.15, -0.1) is 0 Å². The average Bonchev–Trinajstić information content (AvgIpc) is 2.73. The molecule has 0 saturated carbocycles. The number of piperidine rings is 1. The van der Waals surface area contributed by atoms with Crippen molar-refractivity contribution in [1.82, 2.24) is 19.4 Å². The van der Waals surface area contributed by atoms with Gasteiger partial charge in [0.1, 0.15) is 5.82 Å². The molecule has 0 bridgehead atoms. The second kappa shape index (κ2) is 10.8. The fraction of sp³-hybridized carbons (Fsp3) is 0.682. The van der Waals surface area contributed by atoms with Crippen molar-refractivity contribution >= 4 is 15.9 Å². The predicted molar refractivity (Wildman–Crippen MR) is 119 cm³/mol. The highest BCUT2D eigenvalue weighted by Gasteiger charge is 2.28. The topological polar surface area (TPSA) is 73.0 Å². The van der Waals surface area contributed by atoms with E-state index in [1.54, 1.807) is 4.90 Å². The van der Waals surface area contributed by atoms with Crippen LogP contribution in [0.2, 0.25) is 0 Å². The number of hydrogen-bond donors (Lipinski definition) is 1. The van der Waals surface area contributed by atoms with Gasteiger partial charge in [0.2, 0.25) is 15.9 Å². The Hall–Kier alpha value is -1.55. The highest BCUT2D eigenvalue weighted by atomic mass is 32.2. The Morgan fingerprint density at radius 3 is 2.32 bits per heavy atom. The minimum atomic E-state index is -3.82. The van der Waals surface area contributed by atoms with E-state index in [2.05, 4.69) is 24.1 Å². The van der Waals surface area contributed by atoms with Gasteiger partial charge in [-0.1, -0.05) is 13.8 Å². The van der Waals surface area contributed by atoms with E-state index in [0.717, 1.165) is 38.3 Å². The van der Waals surface area contributed by atoms with Crippen LogP contribution in [0.5, 0.6) is 0 Å². The Morgan fingerprint density at radius 2 is 1.71 bits per heavy atom. The first-order valence-electron chi connectivity index (χ1n) is 11.2. The van der Waals surface area contributed by atoms with Crippen LogP contribution in [0.15, 0.2) is 29.2 Å². The largest absolute Gasteiger partial charge is 0.340 e. The standard InChI is InChI=1S/C22H35FN4O3S/c1-18-15-19(2)17-25(16-18)13-14-27(10-7-22(28)26-11-8-24-9-12-26)31(29,30)21-5-3-20(23)4-6-21/h3-6,18-19,24H,7-17H2,1-2H3/t18-,19+. The van der Waals surface area contributed by atoms with Crippen LogP contribution in [0.25, 0.3) is 0 Å². The number of likely N-dealkylation sites (tertiary alicyclic amines) is 1. The van der Waals surface area contributed by atoms with Crippen molar-refractivity contribution in [2.75, 3.05) is 58.9 Å². The van der Waals surface area contributed by atoms with Crippen LogP contribution in [0, 0.1) is 17.7 Å². The number of piperazine rings is 1. The van der Waals surface area contributed by atoms with Crippen molar-refractivity contribution in [1.29, 1.82) is 0 Å². The summed E-state index contributed by atoms with van der Waals surface area (Å²) in [6.45, 7) is 10.2. The molecule has 0 aromatic heterocycles. The fourth-order valence-corrected chi connectivity index (χ4v) is 6.06. The molecule has 7 nitrogen and oxygen atoms in total. The first-order valence-corrected chi connectivity index (χ1v) is 12.7. The highest BCUT2D eigenvalue weighted by Crippen LogP contribution is 2.22. The molecule has 2 heterocycles. The zero-order valence-corrected chi connectivity index (χ0v) is 19.4. The van der Waals surface area contributed by atoms with Gasteiger partial charge in [-0.3, -0.25) is 4.79 Å². The number of amides is 1. The molecule has 0 spiro atoms. The van der Waals surface area contributed by atoms with Crippen molar-refractivity contribution in [3.05, 3.63) is 30.1 Å². The van der Waals surface area contributed by atoms with Gasteiger partial charge in [-0.05, 0) is 42.5 Å². The van der Waals surface area contributed by atoms with Gasteiger partial charge < -0.3 is 15.1 Å². The zero-order valence-electron chi connectivity index (χ0n) is 18.6. The number of sulfonamides is 1. The Balaban J connectivity index is 1.69. The molecule has 31 heavy (non-hydrogen) atoms. The molecule has 3 rings (SSSR count). The number of nitrogens with one attached hydrogen (secondary N) is 1. The number of halogens is 1. The summed E-state index contributed by atoms with van der Waals surface area (Å²) in [5.41, 5.74) is 0. The van der Waals surface area contributed by atoms with E-state index in [1.807, 2.05) is 0 Å². The quantitative estimate of drug-likeness (QED) is 0.646. The Labute approximate surface area is 185 Å². The number of benzene rings is 1. The van der Waals surface area contributed by atoms with Gasteiger partial charge in [0.05, 0.1) is 4.90 Å². The molecule has 0 unspecified atom stereocenters. The Morgan fingerprint density at radius 1 is 1.10 bits per heavy atom. The maximum Gasteiger partial charge on any atom is 0.243 e. The monoisotopic (exact) mass is 454 g/mol. The van der Waals surface area contributed by atoms with E-state index >= 15 is 0 Å². The van der Waals surface area contributed by atoms with Crippen LogP contribution in [0.4, 0.5) is 4.39 Å². The molecule has 2 aliphatic rings. The molecule has 0 aliphatic carbocycles. The SMILES string of the molecule is C[C@@H]1C[C@H](C)CN(CCN(CCC(=O)N2CCNCC2)S(=O)(=O)c2ccc(F)cc2)C1. The molecular formula is C22H35FN4O3S. The van der Waals surface area contributed by atoms with Crippen LogP contribution >= 0.6 is 0 Å². The van der Waals surface area contributed by atoms with Gasteiger partial charge in [0, 0.05) is 65.3 Å². The third kappa shape index (κ3) is 6.71. The molecule has 9 heteroatoms. The predicted octanol–water partition coefficient (Wildman–Crippen LogP) is 1.62. The molecule has 2 atom stereocenters. The van der Waals surface area contributed by atoms with Gasteiger partial charge in [-0.2, -0.15) is 4.31 Å². The van der Waals surface area contributed by atoms with E-state index in [9.17, 15) is 17.6 Å². The minimum absolute atomic E-state index is 0.0268. The van der Waals surface area contributed by atoms with E-state index in [0.29, 0.717) is 38.0 Å². The van der Waals surface area contributed by atoms with Crippen LogP contribution in [-0.4, -0.2) is 87.3 Å². The summed E-state index contributed by atoms with van der Waals surface area (Å²) >= 11 is 0. The molecule has 2 saturated heterocycles. The van der Waals surface area contributed by atoms with Crippen molar-refractivity contribution in [3.63, 3.8) is 0 Å². The number of rotatable bonds is 8. The minimum Gasteiger partial charge on any atom is -0.340 e. The average molecular weight is 455 g/mol. The smallest absolute Gasteiger partial charge is 0.243 e. The summed E-state index contributed by atoms with van der Waals surface area (Å²) in [5, 5.41) is 3.21. The third-order valence-corrected chi connectivity index (χ3v) is 8.02. The molecule has 1 aromatic carbocycles. The van der Waals surface area contributed by atoms with Crippen LogP contribution in [-0.2, 0) is 14.8 Å². The summed E-state index contributed by atoms with van der Waals surface area (Å²) in [6.07, 6.45) is 1.33. The van der Waals surface area contributed by atoms with Crippen molar-refractivity contribution in [3.8, 4) is 0 Å². The normalized spacial score (nSPS) is 23.3. The lowest BCUT2D eigenvalue weighted by Crippen LogP contribution is -2.48. The number of carbonyl (C=O) groups is 1. The maximum absolute atomic E-state index is 13.3. The molecular weight excluding hydrogens is 419 g/mol. The van der Waals surface area contributed by atoms with Gasteiger partial charge in [-0.25, -0.2) is 12.8 Å². The van der Waals surface area contributed by atoms with Crippen LogP contribution < -0.4 is 5.32 Å². The van der Waals surface area contributed by atoms with E-state index in [1.165, 1.54) is 22.9 Å². The number of nitrogens with zero attached hydrogens (tertiary/aromatic N) is 3. The van der Waals surface area contributed by atoms with Crippen molar-refractivity contribution in [2.45, 2.75) is 31.6 Å². The lowest BCUT2D eigenvalue weighted by molar-refractivity contribution is -0.131. The van der Waals surface area contributed by atoms with Crippen LogP contribution in [0.1, 0.15) is 26.7 Å². The summed E-state index contributed by atoms with van der Waals surface area (Å²) in [6, 6.07) is 4.90. The van der Waals surface area contributed by atoms with Gasteiger partial charge in [0.15, 0.2) is 0 Å². The van der Waals surface area contributed by atoms with E-state index in [4.69, 9.17) is 0 Å². The summed E-state index contributed by atoms with van der Waals surface area (Å²) in [5.74, 6) is 0.664. The zero-order chi connectivity index (χ0) is 22.4. The maximum atomic E-state index is 13.3. The first-order chi connectivity index (χ1) is 14.8. The summed E-state index contributed by atoms with van der Waals surface area (Å²) in [4.78, 5) is 16.8. The lowest BCUT2D eigenvalue weighted by atomic mass is 9.92. The molecule has 2 aliphatic heterocycles. The Kier molecular flexibility index (Phi) is 8.43. The van der Waals surface area contributed by atoms with Crippen LogP contribution in [0.3, 0.4) is 0 Å². The lowest BCUT2D eigenvalue weighted by Gasteiger charge is -2.36. The second-order valence-corrected chi connectivity index (χ2v) is 10.9. The molecule has 1 aromatic rings. The van der Waals surface area contributed by atoms with E-state index < -0.39 is 15.8 Å². The molecule has 2 fully saturated rings. The molecule has 0 radical (unpaired) electrons.